The normalized spacial score (nSPS) is 10.5. The summed E-state index contributed by atoms with van der Waals surface area (Å²) >= 11 is 0. The van der Waals surface area contributed by atoms with Crippen LogP contribution in [0.25, 0.3) is 6.08 Å². The summed E-state index contributed by atoms with van der Waals surface area (Å²) in [5.41, 5.74) is 0.844. The van der Waals surface area contributed by atoms with E-state index in [1.807, 2.05) is 24.3 Å². The molecule has 0 radical (unpaired) electrons. The van der Waals surface area contributed by atoms with E-state index in [1.54, 1.807) is 0 Å². The highest BCUT2D eigenvalue weighted by atomic mass is 35.7. The highest BCUT2D eigenvalue weighted by molar-refractivity contribution is 8.21. The minimum absolute atomic E-state index is 0.844. The third-order valence-corrected chi connectivity index (χ3v) is 2.37. The molecule has 13 heavy (non-hydrogen) atoms. The highest BCUT2D eigenvalue weighted by Crippen LogP contribution is 2.21. The van der Waals surface area contributed by atoms with Crippen molar-refractivity contribution in [3.05, 3.63) is 35.9 Å². The van der Waals surface area contributed by atoms with Crippen LogP contribution in [-0.2, 0) is 4.79 Å². The maximum absolute atomic E-state index is 10.2. The van der Waals surface area contributed by atoms with Crippen molar-refractivity contribution < 1.29 is 9.90 Å². The van der Waals surface area contributed by atoms with Crippen molar-refractivity contribution in [1.29, 1.82) is 0 Å². The van der Waals surface area contributed by atoms with Crippen LogP contribution in [0, 0.1) is 0 Å². The van der Waals surface area contributed by atoms with Crippen molar-refractivity contribution in [1.82, 2.24) is 0 Å². The second-order valence-electron chi connectivity index (χ2n) is 2.32. The van der Waals surface area contributed by atoms with Gasteiger partial charge < -0.3 is 5.11 Å². The maximum Gasteiger partial charge on any atom is 0.328 e. The van der Waals surface area contributed by atoms with E-state index in [9.17, 15) is 4.79 Å². The van der Waals surface area contributed by atoms with Crippen LogP contribution < -0.4 is 0 Å². The lowest BCUT2D eigenvalue weighted by molar-refractivity contribution is -0.131. The smallest absolute Gasteiger partial charge is 0.328 e. The molecule has 0 aliphatic carbocycles. The zero-order valence-electron chi connectivity index (χ0n) is 6.61. The summed E-state index contributed by atoms with van der Waals surface area (Å²) < 4.78 is 0. The van der Waals surface area contributed by atoms with Gasteiger partial charge in [0.15, 0.2) is 0 Å². The fourth-order valence-electron chi connectivity index (χ4n) is 0.798. The summed E-state index contributed by atoms with van der Waals surface area (Å²) in [5, 5.41) is 8.36. The fourth-order valence-corrected chi connectivity index (χ4v) is 1.35. The summed E-state index contributed by atoms with van der Waals surface area (Å²) in [6.07, 6.45) is 2.63. The number of carbonyl (C=O) groups is 1. The largest absolute Gasteiger partial charge is 0.478 e. The van der Waals surface area contributed by atoms with E-state index in [1.165, 1.54) is 6.08 Å². The molecule has 4 heteroatoms. The third-order valence-electron chi connectivity index (χ3n) is 1.39. The Balaban J connectivity index is 2.75. The summed E-state index contributed by atoms with van der Waals surface area (Å²) in [6, 6.07) is 7.28. The van der Waals surface area contributed by atoms with Crippen molar-refractivity contribution in [3.8, 4) is 0 Å². The molecule has 1 aromatic rings. The number of benzene rings is 1. The Morgan fingerprint density at radius 1 is 1.38 bits per heavy atom. The van der Waals surface area contributed by atoms with Gasteiger partial charge in [-0.2, -0.15) is 0 Å². The Bertz CT molecular complexity index is 319. The van der Waals surface area contributed by atoms with E-state index in [0.29, 0.717) is 0 Å². The predicted octanol–water partition coefficient (Wildman–Crippen LogP) is 3.03. The SMILES string of the molecule is O=C(O)/C=C/c1ccc(SCl)cc1. The zero-order valence-corrected chi connectivity index (χ0v) is 8.18. The maximum atomic E-state index is 10.2. The minimum Gasteiger partial charge on any atom is -0.478 e. The van der Waals surface area contributed by atoms with Crippen LogP contribution in [0.15, 0.2) is 35.2 Å². The molecule has 0 spiro atoms. The average Bonchev–Trinajstić information content (AvgIpc) is 2.15. The molecule has 0 fully saturated rings. The van der Waals surface area contributed by atoms with Crippen LogP contribution in [0.4, 0.5) is 0 Å². The van der Waals surface area contributed by atoms with Crippen LogP contribution >= 0.6 is 21.7 Å². The number of hydrogen-bond acceptors (Lipinski definition) is 2. The van der Waals surface area contributed by atoms with Crippen LogP contribution in [0.3, 0.4) is 0 Å². The lowest BCUT2D eigenvalue weighted by Crippen LogP contribution is -1.85. The van der Waals surface area contributed by atoms with Gasteiger partial charge in [0.2, 0.25) is 0 Å². The lowest BCUT2D eigenvalue weighted by atomic mass is 10.2. The summed E-state index contributed by atoms with van der Waals surface area (Å²) in [4.78, 5) is 11.1. The Morgan fingerprint density at radius 3 is 2.46 bits per heavy atom. The van der Waals surface area contributed by atoms with E-state index in [2.05, 4.69) is 0 Å². The van der Waals surface area contributed by atoms with Crippen molar-refractivity contribution in [2.24, 2.45) is 0 Å². The second-order valence-corrected chi connectivity index (χ2v) is 3.41. The summed E-state index contributed by atoms with van der Waals surface area (Å²) in [6.45, 7) is 0. The van der Waals surface area contributed by atoms with Gasteiger partial charge >= 0.3 is 5.97 Å². The molecule has 0 aromatic heterocycles. The van der Waals surface area contributed by atoms with Gasteiger partial charge in [0, 0.05) is 11.0 Å². The van der Waals surface area contributed by atoms with Gasteiger partial charge in [-0.05, 0) is 45.4 Å². The lowest BCUT2D eigenvalue weighted by Gasteiger charge is -1.94. The first-order valence-corrected chi connectivity index (χ1v) is 5.16. The monoisotopic (exact) mass is 214 g/mol. The van der Waals surface area contributed by atoms with Gasteiger partial charge in [-0.15, -0.1) is 0 Å². The summed E-state index contributed by atoms with van der Waals surface area (Å²) in [7, 11) is 6.65. The molecule has 0 aliphatic heterocycles. The Hall–Kier alpha value is -0.930. The summed E-state index contributed by atoms with van der Waals surface area (Å²) in [5.74, 6) is -0.948. The van der Waals surface area contributed by atoms with Crippen LogP contribution in [0.1, 0.15) is 5.56 Å². The molecule has 0 bridgehead atoms. The number of hydrogen-bond donors (Lipinski definition) is 1. The third kappa shape index (κ3) is 3.53. The minimum atomic E-state index is -0.948. The number of aliphatic carboxylic acids is 1. The molecule has 0 saturated heterocycles. The van der Waals surface area contributed by atoms with Crippen molar-refractivity contribution in [2.75, 3.05) is 0 Å². The Labute approximate surface area is 84.7 Å². The van der Waals surface area contributed by atoms with Gasteiger partial charge in [0.05, 0.1) is 0 Å². The van der Waals surface area contributed by atoms with Crippen LogP contribution in [0.5, 0.6) is 0 Å². The van der Waals surface area contributed by atoms with Crippen molar-refractivity contribution in [3.63, 3.8) is 0 Å². The molecule has 1 N–H and O–H groups in total. The van der Waals surface area contributed by atoms with Gasteiger partial charge in [-0.25, -0.2) is 4.79 Å². The first-order chi connectivity index (χ1) is 6.22. The van der Waals surface area contributed by atoms with Gasteiger partial charge in [0.25, 0.3) is 0 Å². The molecule has 0 aliphatic rings. The van der Waals surface area contributed by atoms with Crippen LogP contribution in [-0.4, -0.2) is 11.1 Å². The van der Waals surface area contributed by atoms with E-state index >= 15 is 0 Å². The molecule has 0 unspecified atom stereocenters. The molecule has 0 amide bonds. The second kappa shape index (κ2) is 4.94. The highest BCUT2D eigenvalue weighted by Gasteiger charge is 1.91. The molecule has 2 nitrogen and oxygen atoms in total. The average molecular weight is 215 g/mol. The molecule has 0 heterocycles. The van der Waals surface area contributed by atoms with E-state index in [4.69, 9.17) is 15.8 Å². The Morgan fingerprint density at radius 2 is 2.00 bits per heavy atom. The molecular formula is C9H7ClO2S. The number of rotatable bonds is 3. The molecule has 1 aromatic carbocycles. The van der Waals surface area contributed by atoms with Crippen molar-refractivity contribution in [2.45, 2.75) is 4.90 Å². The first kappa shape index (κ1) is 10.2. The number of carboxylic acids is 1. The quantitative estimate of drug-likeness (QED) is 0.786. The number of halogens is 1. The number of carboxylic acid groups (broad SMARTS) is 1. The van der Waals surface area contributed by atoms with E-state index < -0.39 is 5.97 Å². The standard InChI is InChI=1S/C9H7ClO2S/c10-13-8-4-1-7(2-5-8)3-6-9(11)12/h1-6H,(H,11,12)/b6-3+. The molecule has 1 rings (SSSR count). The first-order valence-electron chi connectivity index (χ1n) is 3.52. The fraction of sp³-hybridized carbons (Fsp3) is 0. The predicted molar refractivity (Wildman–Crippen MR) is 54.8 cm³/mol. The molecule has 0 atom stereocenters. The van der Waals surface area contributed by atoms with Gasteiger partial charge in [-0.1, -0.05) is 12.1 Å². The molecule has 68 valence electrons. The van der Waals surface area contributed by atoms with Crippen molar-refractivity contribution >= 4 is 33.7 Å². The molecular weight excluding hydrogens is 208 g/mol. The molecule has 0 saturated carbocycles. The van der Waals surface area contributed by atoms with Gasteiger partial charge in [0.1, 0.15) is 0 Å². The van der Waals surface area contributed by atoms with Crippen LogP contribution in [0.2, 0.25) is 0 Å². The van der Waals surface area contributed by atoms with E-state index in [-0.39, 0.29) is 0 Å². The Kier molecular flexibility index (Phi) is 3.86. The topological polar surface area (TPSA) is 37.3 Å². The van der Waals surface area contributed by atoms with Gasteiger partial charge in [-0.3, -0.25) is 0 Å². The van der Waals surface area contributed by atoms with E-state index in [0.717, 1.165) is 27.5 Å². The zero-order chi connectivity index (χ0) is 9.68.